The first-order chi connectivity index (χ1) is 6.29. The van der Waals surface area contributed by atoms with Crippen molar-refractivity contribution in [2.45, 2.75) is 6.92 Å². The smallest absolute Gasteiger partial charge is 0.220 e. The molecule has 1 aromatic carbocycles. The molecule has 0 amide bonds. The molecule has 0 aliphatic carbocycles. The van der Waals surface area contributed by atoms with Gasteiger partial charge >= 0.3 is 0 Å². The first kappa shape index (κ1) is 9.52. The van der Waals surface area contributed by atoms with Crippen molar-refractivity contribution < 1.29 is 4.74 Å². The largest absolute Gasteiger partial charge is 0.481 e. The van der Waals surface area contributed by atoms with E-state index < -0.39 is 0 Å². The third-order valence-electron chi connectivity index (χ3n) is 1.78. The Morgan fingerprint density at radius 1 is 1.46 bits per heavy atom. The number of hydrogen-bond donors (Lipinski definition) is 0. The number of ether oxygens (including phenoxy) is 1. The van der Waals surface area contributed by atoms with Crippen LogP contribution in [-0.4, -0.2) is 13.0 Å². The summed E-state index contributed by atoms with van der Waals surface area (Å²) in [7, 11) is 1.61. The fourth-order valence-corrected chi connectivity index (χ4v) is 1.13. The minimum atomic E-state index is 0.605. The molecule has 68 valence electrons. The highest BCUT2D eigenvalue weighted by Crippen LogP contribution is 2.09. The highest BCUT2D eigenvalue weighted by molar-refractivity contribution is 5.95. The Hall–Kier alpha value is -1.57. The lowest BCUT2D eigenvalue weighted by Gasteiger charge is -2.06. The van der Waals surface area contributed by atoms with Crippen molar-refractivity contribution >= 4 is 5.90 Å². The van der Waals surface area contributed by atoms with Gasteiger partial charge in [0.15, 0.2) is 0 Å². The molecule has 2 nitrogen and oxygen atoms in total. The van der Waals surface area contributed by atoms with Gasteiger partial charge in [-0.15, -0.1) is 0 Å². The third kappa shape index (κ3) is 2.18. The monoisotopic (exact) mass is 175 g/mol. The zero-order chi connectivity index (χ0) is 9.68. The van der Waals surface area contributed by atoms with Crippen molar-refractivity contribution in [3.63, 3.8) is 0 Å². The Kier molecular flexibility index (Phi) is 3.26. The van der Waals surface area contributed by atoms with E-state index in [-0.39, 0.29) is 0 Å². The predicted octanol–water partition coefficient (Wildman–Crippen LogP) is 2.53. The summed E-state index contributed by atoms with van der Waals surface area (Å²) in [5, 5.41) is 0. The topological polar surface area (TPSA) is 21.6 Å². The van der Waals surface area contributed by atoms with Gasteiger partial charge in [0.05, 0.1) is 7.11 Å². The standard InChI is InChI=1S/C11H13NO/c1-4-12-11(13-3)10-8-6-5-7-9(10)2/h4-8H,1H2,2-3H3. The van der Waals surface area contributed by atoms with Crippen LogP contribution in [-0.2, 0) is 4.74 Å². The highest BCUT2D eigenvalue weighted by Gasteiger charge is 2.04. The SMILES string of the molecule is C=CN=C(OC)c1ccccc1C. The summed E-state index contributed by atoms with van der Waals surface area (Å²) in [5.74, 6) is 0.605. The zero-order valence-electron chi connectivity index (χ0n) is 7.95. The zero-order valence-corrected chi connectivity index (χ0v) is 7.95. The molecule has 0 aliphatic heterocycles. The van der Waals surface area contributed by atoms with E-state index in [9.17, 15) is 0 Å². The summed E-state index contributed by atoms with van der Waals surface area (Å²) in [6.45, 7) is 5.56. The molecule has 0 N–H and O–H groups in total. The van der Waals surface area contributed by atoms with Crippen LogP contribution < -0.4 is 0 Å². The van der Waals surface area contributed by atoms with E-state index >= 15 is 0 Å². The van der Waals surface area contributed by atoms with E-state index in [0.717, 1.165) is 11.1 Å². The quantitative estimate of drug-likeness (QED) is 0.500. The predicted molar refractivity (Wildman–Crippen MR) is 54.9 cm³/mol. The average molecular weight is 175 g/mol. The van der Waals surface area contributed by atoms with E-state index in [1.54, 1.807) is 7.11 Å². The lowest BCUT2D eigenvalue weighted by molar-refractivity contribution is 0.404. The molecule has 0 spiro atoms. The lowest BCUT2D eigenvalue weighted by atomic mass is 10.1. The maximum atomic E-state index is 5.14. The van der Waals surface area contributed by atoms with Crippen molar-refractivity contribution in [1.82, 2.24) is 0 Å². The minimum absolute atomic E-state index is 0.605. The molecular formula is C11H13NO. The Morgan fingerprint density at radius 2 is 2.15 bits per heavy atom. The number of methoxy groups -OCH3 is 1. The van der Waals surface area contributed by atoms with Gasteiger partial charge in [-0.05, 0) is 18.6 Å². The molecule has 13 heavy (non-hydrogen) atoms. The van der Waals surface area contributed by atoms with E-state index in [1.807, 2.05) is 31.2 Å². The van der Waals surface area contributed by atoms with Crippen molar-refractivity contribution in [3.05, 3.63) is 48.2 Å². The van der Waals surface area contributed by atoms with E-state index in [0.29, 0.717) is 5.90 Å². The van der Waals surface area contributed by atoms with Crippen LogP contribution in [0.5, 0.6) is 0 Å². The Balaban J connectivity index is 3.12. The van der Waals surface area contributed by atoms with Gasteiger partial charge < -0.3 is 4.74 Å². The van der Waals surface area contributed by atoms with Crippen LogP contribution >= 0.6 is 0 Å². The van der Waals surface area contributed by atoms with Gasteiger partial charge in [0.2, 0.25) is 5.90 Å². The van der Waals surface area contributed by atoms with Crippen molar-refractivity contribution in [3.8, 4) is 0 Å². The molecule has 2 heteroatoms. The van der Waals surface area contributed by atoms with Crippen LogP contribution in [0.2, 0.25) is 0 Å². The number of rotatable bonds is 2. The van der Waals surface area contributed by atoms with E-state index in [4.69, 9.17) is 4.74 Å². The second kappa shape index (κ2) is 4.45. The highest BCUT2D eigenvalue weighted by atomic mass is 16.5. The average Bonchev–Trinajstić information content (AvgIpc) is 2.16. The number of nitrogens with zero attached hydrogens (tertiary/aromatic N) is 1. The third-order valence-corrected chi connectivity index (χ3v) is 1.78. The van der Waals surface area contributed by atoms with E-state index in [1.165, 1.54) is 6.20 Å². The van der Waals surface area contributed by atoms with Crippen LogP contribution in [0.4, 0.5) is 0 Å². The van der Waals surface area contributed by atoms with Crippen molar-refractivity contribution in [1.29, 1.82) is 0 Å². The molecule has 0 aliphatic rings. The number of hydrogen-bond acceptors (Lipinski definition) is 2. The first-order valence-electron chi connectivity index (χ1n) is 4.08. The lowest BCUT2D eigenvalue weighted by Crippen LogP contribution is -2.04. The van der Waals surface area contributed by atoms with Gasteiger partial charge in [-0.25, -0.2) is 4.99 Å². The first-order valence-corrected chi connectivity index (χ1v) is 4.08. The summed E-state index contributed by atoms with van der Waals surface area (Å²) >= 11 is 0. The van der Waals surface area contributed by atoms with Crippen LogP contribution in [0.25, 0.3) is 0 Å². The van der Waals surface area contributed by atoms with Gasteiger partial charge in [0.1, 0.15) is 0 Å². The van der Waals surface area contributed by atoms with Crippen LogP contribution in [0, 0.1) is 6.92 Å². The fourth-order valence-electron chi connectivity index (χ4n) is 1.13. The van der Waals surface area contributed by atoms with Gasteiger partial charge in [-0.1, -0.05) is 24.8 Å². The number of aryl methyl sites for hydroxylation is 1. The summed E-state index contributed by atoms with van der Waals surface area (Å²) in [6, 6.07) is 7.94. The molecule has 0 heterocycles. The Bertz CT molecular complexity index is 329. The summed E-state index contributed by atoms with van der Waals surface area (Å²) in [4.78, 5) is 4.03. The summed E-state index contributed by atoms with van der Waals surface area (Å²) in [6.07, 6.45) is 1.48. The van der Waals surface area contributed by atoms with Gasteiger partial charge in [0.25, 0.3) is 0 Å². The fraction of sp³-hybridized carbons (Fsp3) is 0.182. The maximum Gasteiger partial charge on any atom is 0.220 e. The Morgan fingerprint density at radius 3 is 2.69 bits per heavy atom. The van der Waals surface area contributed by atoms with Crippen molar-refractivity contribution in [2.75, 3.05) is 7.11 Å². The van der Waals surface area contributed by atoms with Crippen LogP contribution in [0.3, 0.4) is 0 Å². The van der Waals surface area contributed by atoms with E-state index in [2.05, 4.69) is 11.6 Å². The normalized spacial score (nSPS) is 11.1. The van der Waals surface area contributed by atoms with Crippen LogP contribution in [0.1, 0.15) is 11.1 Å². The van der Waals surface area contributed by atoms with Gasteiger partial charge in [0, 0.05) is 11.8 Å². The molecule has 0 unspecified atom stereocenters. The molecule has 0 saturated carbocycles. The number of aliphatic imine (C=N–C) groups is 1. The van der Waals surface area contributed by atoms with Crippen LogP contribution in [0.15, 0.2) is 42.0 Å². The Labute approximate surface area is 78.6 Å². The maximum absolute atomic E-state index is 5.14. The van der Waals surface area contributed by atoms with Crippen molar-refractivity contribution in [2.24, 2.45) is 4.99 Å². The summed E-state index contributed by atoms with van der Waals surface area (Å²) < 4.78 is 5.14. The second-order valence-corrected chi connectivity index (χ2v) is 2.64. The summed E-state index contributed by atoms with van der Waals surface area (Å²) in [5.41, 5.74) is 2.15. The molecule has 1 aromatic rings. The molecular weight excluding hydrogens is 162 g/mol. The number of benzene rings is 1. The van der Waals surface area contributed by atoms with Gasteiger partial charge in [-0.2, -0.15) is 0 Å². The molecule has 0 bridgehead atoms. The molecule has 0 saturated heterocycles. The molecule has 1 rings (SSSR count). The van der Waals surface area contributed by atoms with Gasteiger partial charge in [-0.3, -0.25) is 0 Å². The minimum Gasteiger partial charge on any atom is -0.481 e. The molecule has 0 fully saturated rings. The molecule has 0 atom stereocenters. The second-order valence-electron chi connectivity index (χ2n) is 2.64. The molecule has 0 aromatic heterocycles. The molecule has 0 radical (unpaired) electrons.